The van der Waals surface area contributed by atoms with Gasteiger partial charge in [-0.1, -0.05) is 41.5 Å². The fourth-order valence-corrected chi connectivity index (χ4v) is 2.32. The number of rotatable bonds is 1. The van der Waals surface area contributed by atoms with Crippen LogP contribution in [-0.4, -0.2) is 11.3 Å². The maximum absolute atomic E-state index is 9.46. The van der Waals surface area contributed by atoms with Gasteiger partial charge in [-0.25, -0.2) is 0 Å². The summed E-state index contributed by atoms with van der Waals surface area (Å²) >= 11 is 0. The topological polar surface area (TPSA) is 46.2 Å². The third-order valence-electron chi connectivity index (χ3n) is 2.21. The molecule has 0 amide bonds. The Bertz CT molecular complexity index is 125. The van der Waals surface area contributed by atoms with Gasteiger partial charge in [-0.05, 0) is 10.8 Å². The van der Waals surface area contributed by atoms with Gasteiger partial charge in [-0.3, -0.25) is 0 Å². The molecule has 0 bridgehead atoms. The van der Waals surface area contributed by atoms with E-state index in [1.54, 1.807) is 0 Å². The van der Waals surface area contributed by atoms with Crippen molar-refractivity contribution < 1.29 is 5.11 Å². The van der Waals surface area contributed by atoms with Gasteiger partial charge in [0.1, 0.15) is 6.23 Å². The van der Waals surface area contributed by atoms with Gasteiger partial charge in [0.25, 0.3) is 0 Å². The second-order valence-electron chi connectivity index (χ2n) is 5.70. The second-order valence-corrected chi connectivity index (χ2v) is 5.70. The highest BCUT2D eigenvalue weighted by molar-refractivity contribution is 4.86. The lowest BCUT2D eigenvalue weighted by atomic mass is 9.66. The minimum Gasteiger partial charge on any atom is -0.379 e. The van der Waals surface area contributed by atoms with E-state index in [9.17, 15) is 5.11 Å². The number of aliphatic hydroxyl groups excluding tert-OH is 1. The molecule has 0 aliphatic carbocycles. The molecule has 0 radical (unpaired) electrons. The predicted octanol–water partition coefficient (Wildman–Crippen LogP) is 1.97. The van der Waals surface area contributed by atoms with E-state index in [1.807, 2.05) is 0 Å². The molecule has 2 heteroatoms. The molecule has 12 heavy (non-hydrogen) atoms. The average molecular weight is 173 g/mol. The fourth-order valence-electron chi connectivity index (χ4n) is 2.32. The van der Waals surface area contributed by atoms with Gasteiger partial charge in [0, 0.05) is 5.92 Å². The van der Waals surface area contributed by atoms with E-state index in [0.29, 0.717) is 0 Å². The summed E-state index contributed by atoms with van der Waals surface area (Å²) < 4.78 is 0. The summed E-state index contributed by atoms with van der Waals surface area (Å²) in [5.41, 5.74) is 5.66. The molecule has 0 heterocycles. The first-order valence-electron chi connectivity index (χ1n) is 4.50. The summed E-state index contributed by atoms with van der Waals surface area (Å²) in [5, 5.41) is 9.46. The first kappa shape index (κ1) is 11.9. The minimum absolute atomic E-state index is 0.0480. The maximum Gasteiger partial charge on any atom is 0.106 e. The van der Waals surface area contributed by atoms with Gasteiger partial charge in [-0.15, -0.1) is 0 Å². The molecular weight excluding hydrogens is 150 g/mol. The van der Waals surface area contributed by atoms with Crippen LogP contribution in [0.5, 0.6) is 0 Å². The molecule has 3 N–H and O–H groups in total. The summed E-state index contributed by atoms with van der Waals surface area (Å²) in [5.74, 6) is 0.116. The summed E-state index contributed by atoms with van der Waals surface area (Å²) in [6.07, 6.45) is -0.731. The molecular formula is C10H23NO. The van der Waals surface area contributed by atoms with Gasteiger partial charge in [0.15, 0.2) is 0 Å². The highest BCUT2D eigenvalue weighted by Gasteiger charge is 2.38. The molecule has 0 rings (SSSR count). The zero-order chi connectivity index (χ0) is 10.2. The third kappa shape index (κ3) is 3.11. The quantitative estimate of drug-likeness (QED) is 0.595. The highest BCUT2D eigenvalue weighted by Crippen LogP contribution is 2.40. The number of hydrogen-bond donors (Lipinski definition) is 2. The second kappa shape index (κ2) is 3.35. The van der Waals surface area contributed by atoms with Crippen molar-refractivity contribution in [2.45, 2.75) is 47.8 Å². The van der Waals surface area contributed by atoms with Crippen LogP contribution in [-0.2, 0) is 0 Å². The third-order valence-corrected chi connectivity index (χ3v) is 2.21. The zero-order valence-corrected chi connectivity index (χ0v) is 9.18. The van der Waals surface area contributed by atoms with Crippen LogP contribution in [0.4, 0.5) is 0 Å². The lowest BCUT2D eigenvalue weighted by molar-refractivity contribution is -0.0215. The van der Waals surface area contributed by atoms with Crippen LogP contribution in [0, 0.1) is 16.7 Å². The largest absolute Gasteiger partial charge is 0.379 e. The molecule has 0 aromatic carbocycles. The Morgan fingerprint density at radius 1 is 0.917 bits per heavy atom. The van der Waals surface area contributed by atoms with Crippen molar-refractivity contribution in [2.75, 3.05) is 0 Å². The van der Waals surface area contributed by atoms with E-state index in [4.69, 9.17) is 5.73 Å². The molecule has 0 saturated heterocycles. The molecule has 0 spiro atoms. The van der Waals surface area contributed by atoms with Crippen LogP contribution in [0.25, 0.3) is 0 Å². The van der Waals surface area contributed by atoms with E-state index < -0.39 is 6.23 Å². The van der Waals surface area contributed by atoms with Crippen molar-refractivity contribution in [1.82, 2.24) is 0 Å². The Kier molecular flexibility index (Phi) is 3.32. The molecule has 1 atom stereocenters. The lowest BCUT2D eigenvalue weighted by Crippen LogP contribution is -2.45. The summed E-state index contributed by atoms with van der Waals surface area (Å²) in [7, 11) is 0. The Balaban J connectivity index is 4.70. The van der Waals surface area contributed by atoms with E-state index in [2.05, 4.69) is 41.5 Å². The first-order valence-corrected chi connectivity index (χ1v) is 4.50. The SMILES string of the molecule is CC(C)(C)C(C(N)O)C(C)(C)C. The molecule has 0 aliphatic rings. The van der Waals surface area contributed by atoms with Crippen LogP contribution in [0.1, 0.15) is 41.5 Å². The molecule has 0 fully saturated rings. The Hall–Kier alpha value is -0.0800. The monoisotopic (exact) mass is 173 g/mol. The minimum atomic E-state index is -0.731. The van der Waals surface area contributed by atoms with Gasteiger partial charge in [0.05, 0.1) is 0 Å². The molecule has 0 aromatic rings. The van der Waals surface area contributed by atoms with Crippen molar-refractivity contribution in [3.63, 3.8) is 0 Å². The van der Waals surface area contributed by atoms with Crippen LogP contribution >= 0.6 is 0 Å². The molecule has 74 valence electrons. The number of nitrogens with two attached hydrogens (primary N) is 1. The fraction of sp³-hybridized carbons (Fsp3) is 1.00. The average Bonchev–Trinajstić information content (AvgIpc) is 1.49. The molecule has 0 saturated carbocycles. The van der Waals surface area contributed by atoms with E-state index >= 15 is 0 Å². The highest BCUT2D eigenvalue weighted by atomic mass is 16.3. The Morgan fingerprint density at radius 2 is 1.17 bits per heavy atom. The first-order chi connectivity index (χ1) is 5.07. The van der Waals surface area contributed by atoms with E-state index in [-0.39, 0.29) is 16.7 Å². The van der Waals surface area contributed by atoms with Crippen molar-refractivity contribution in [1.29, 1.82) is 0 Å². The number of aliphatic hydroxyl groups is 1. The standard InChI is InChI=1S/C10H23NO/c1-9(2,3)7(8(11)12)10(4,5)6/h7-8,12H,11H2,1-6H3. The smallest absolute Gasteiger partial charge is 0.106 e. The van der Waals surface area contributed by atoms with Gasteiger partial charge in [0.2, 0.25) is 0 Å². The molecule has 0 aromatic heterocycles. The summed E-state index contributed by atoms with van der Waals surface area (Å²) in [6.45, 7) is 12.7. The van der Waals surface area contributed by atoms with Crippen molar-refractivity contribution >= 4 is 0 Å². The predicted molar refractivity (Wildman–Crippen MR) is 52.6 cm³/mol. The lowest BCUT2D eigenvalue weighted by Gasteiger charge is -2.42. The summed E-state index contributed by atoms with van der Waals surface area (Å²) in [6, 6.07) is 0. The van der Waals surface area contributed by atoms with E-state index in [1.165, 1.54) is 0 Å². The van der Waals surface area contributed by atoms with Crippen LogP contribution in [0.15, 0.2) is 0 Å². The molecule has 2 nitrogen and oxygen atoms in total. The zero-order valence-electron chi connectivity index (χ0n) is 9.18. The maximum atomic E-state index is 9.46. The molecule has 1 unspecified atom stereocenters. The van der Waals surface area contributed by atoms with Crippen LogP contribution in [0.2, 0.25) is 0 Å². The normalized spacial score (nSPS) is 16.8. The van der Waals surface area contributed by atoms with Crippen molar-refractivity contribution in [3.05, 3.63) is 0 Å². The number of hydrogen-bond acceptors (Lipinski definition) is 2. The van der Waals surface area contributed by atoms with Gasteiger partial charge >= 0.3 is 0 Å². The van der Waals surface area contributed by atoms with Crippen molar-refractivity contribution in [3.8, 4) is 0 Å². The van der Waals surface area contributed by atoms with Gasteiger partial charge < -0.3 is 10.8 Å². The van der Waals surface area contributed by atoms with Crippen LogP contribution in [0.3, 0.4) is 0 Å². The molecule has 0 aliphatic heterocycles. The van der Waals surface area contributed by atoms with Crippen LogP contribution < -0.4 is 5.73 Å². The Morgan fingerprint density at radius 3 is 1.17 bits per heavy atom. The summed E-state index contributed by atoms with van der Waals surface area (Å²) in [4.78, 5) is 0. The van der Waals surface area contributed by atoms with Crippen molar-refractivity contribution in [2.24, 2.45) is 22.5 Å². The van der Waals surface area contributed by atoms with E-state index in [0.717, 1.165) is 0 Å². The Labute approximate surface area is 76.2 Å². The van der Waals surface area contributed by atoms with Gasteiger partial charge in [-0.2, -0.15) is 0 Å².